The molecule has 5 nitrogen and oxygen atoms in total. The number of anilines is 1. The summed E-state index contributed by atoms with van der Waals surface area (Å²) >= 11 is 0. The maximum Gasteiger partial charge on any atom is 0.161 e. The Kier molecular flexibility index (Phi) is 4.95. The summed E-state index contributed by atoms with van der Waals surface area (Å²) in [5.74, 6) is -1.39. The third-order valence-electron chi connectivity index (χ3n) is 5.15. The zero-order chi connectivity index (χ0) is 19.7. The summed E-state index contributed by atoms with van der Waals surface area (Å²) in [5.41, 5.74) is 0.931. The molecule has 1 fully saturated rings. The van der Waals surface area contributed by atoms with Crippen LogP contribution in [-0.2, 0) is 6.54 Å². The van der Waals surface area contributed by atoms with E-state index in [9.17, 15) is 13.9 Å². The van der Waals surface area contributed by atoms with Crippen LogP contribution in [0.2, 0.25) is 0 Å². The van der Waals surface area contributed by atoms with Gasteiger partial charge in [-0.2, -0.15) is 0 Å². The minimum atomic E-state index is -0.951. The lowest BCUT2D eigenvalue weighted by Gasteiger charge is -2.29. The van der Waals surface area contributed by atoms with Gasteiger partial charge in [-0.1, -0.05) is 30.3 Å². The fraction of sp³-hybridized carbons (Fsp3) is 0.333. The number of hydrogen-bond donors (Lipinski definition) is 1. The van der Waals surface area contributed by atoms with E-state index >= 15 is 0 Å². The normalized spacial score (nSPS) is 20.0. The summed E-state index contributed by atoms with van der Waals surface area (Å²) in [5, 5.41) is 11.0. The van der Waals surface area contributed by atoms with Crippen LogP contribution in [0, 0.1) is 11.6 Å². The number of β-amino-alcohol motifs (C(OH)–C–C–N with tert-alkyl or cyclic N) is 1. The van der Waals surface area contributed by atoms with Crippen molar-refractivity contribution in [3.63, 3.8) is 0 Å². The fourth-order valence-corrected chi connectivity index (χ4v) is 3.75. The van der Waals surface area contributed by atoms with Crippen molar-refractivity contribution in [2.45, 2.75) is 18.6 Å². The molecule has 1 aromatic heterocycles. The SMILES string of the molecule is CN(CC1(O)CCN(Cc2ccccc2)C1)c1cnc2cc(F)c(F)cc2n1. The van der Waals surface area contributed by atoms with Crippen LogP contribution in [-0.4, -0.2) is 52.3 Å². The third kappa shape index (κ3) is 3.95. The molecule has 1 N–H and O–H groups in total. The Morgan fingerprint density at radius 1 is 1.14 bits per heavy atom. The van der Waals surface area contributed by atoms with Crippen molar-refractivity contribution < 1.29 is 13.9 Å². The second-order valence-corrected chi connectivity index (χ2v) is 7.51. The number of fused-ring (bicyclic) bond motifs is 1. The summed E-state index contributed by atoms with van der Waals surface area (Å²) in [7, 11) is 1.81. The predicted octanol–water partition coefficient (Wildman–Crippen LogP) is 2.98. The number of benzene rings is 2. The standard InChI is InChI=1S/C21H22F2N4O/c1-26(20-11-24-18-9-16(22)17(23)10-19(18)25-20)13-21(28)7-8-27(14-21)12-15-5-3-2-4-6-15/h2-6,9-11,28H,7-8,12-14H2,1H3. The van der Waals surface area contributed by atoms with Crippen molar-refractivity contribution in [2.75, 3.05) is 31.6 Å². The maximum atomic E-state index is 13.5. The van der Waals surface area contributed by atoms with E-state index in [1.54, 1.807) is 4.90 Å². The first-order chi connectivity index (χ1) is 13.4. The largest absolute Gasteiger partial charge is 0.387 e. The summed E-state index contributed by atoms with van der Waals surface area (Å²) in [6.45, 7) is 2.55. The Morgan fingerprint density at radius 2 is 1.86 bits per heavy atom. The lowest BCUT2D eigenvalue weighted by atomic mass is 10.0. The van der Waals surface area contributed by atoms with E-state index in [4.69, 9.17) is 0 Å². The maximum absolute atomic E-state index is 13.5. The molecule has 28 heavy (non-hydrogen) atoms. The molecule has 7 heteroatoms. The highest BCUT2D eigenvalue weighted by Crippen LogP contribution is 2.26. The Bertz CT molecular complexity index is 985. The van der Waals surface area contributed by atoms with E-state index in [0.29, 0.717) is 30.8 Å². The second-order valence-electron chi connectivity index (χ2n) is 7.51. The van der Waals surface area contributed by atoms with Gasteiger partial charge in [0.25, 0.3) is 0 Å². The van der Waals surface area contributed by atoms with Crippen LogP contribution in [0.25, 0.3) is 11.0 Å². The van der Waals surface area contributed by atoms with Crippen LogP contribution in [0.1, 0.15) is 12.0 Å². The average molecular weight is 384 g/mol. The van der Waals surface area contributed by atoms with E-state index < -0.39 is 17.2 Å². The van der Waals surface area contributed by atoms with Gasteiger partial charge in [-0.05, 0) is 12.0 Å². The van der Waals surface area contributed by atoms with E-state index in [-0.39, 0.29) is 5.52 Å². The van der Waals surface area contributed by atoms with Gasteiger partial charge >= 0.3 is 0 Å². The fourth-order valence-electron chi connectivity index (χ4n) is 3.75. The zero-order valence-corrected chi connectivity index (χ0v) is 15.6. The van der Waals surface area contributed by atoms with Gasteiger partial charge < -0.3 is 10.0 Å². The monoisotopic (exact) mass is 384 g/mol. The molecule has 0 spiro atoms. The first-order valence-corrected chi connectivity index (χ1v) is 9.23. The number of aromatic nitrogens is 2. The molecule has 0 aliphatic carbocycles. The van der Waals surface area contributed by atoms with E-state index in [1.807, 2.05) is 25.2 Å². The molecular weight excluding hydrogens is 362 g/mol. The van der Waals surface area contributed by atoms with E-state index in [2.05, 4.69) is 27.0 Å². The first kappa shape index (κ1) is 18.7. The molecule has 4 rings (SSSR count). The van der Waals surface area contributed by atoms with Gasteiger partial charge in [0.2, 0.25) is 0 Å². The summed E-state index contributed by atoms with van der Waals surface area (Å²) in [6.07, 6.45) is 2.17. The molecular formula is C21H22F2N4O. The molecule has 146 valence electrons. The van der Waals surface area contributed by atoms with Gasteiger partial charge in [-0.25, -0.2) is 13.8 Å². The molecule has 1 atom stereocenters. The van der Waals surface area contributed by atoms with Crippen molar-refractivity contribution in [1.29, 1.82) is 0 Å². The van der Waals surface area contributed by atoms with Crippen LogP contribution in [0.15, 0.2) is 48.7 Å². The van der Waals surface area contributed by atoms with Crippen molar-refractivity contribution in [3.05, 3.63) is 65.9 Å². The molecule has 0 bridgehead atoms. The Hall–Kier alpha value is -2.64. The lowest BCUT2D eigenvalue weighted by Crippen LogP contribution is -2.44. The van der Waals surface area contributed by atoms with Crippen molar-refractivity contribution in [3.8, 4) is 0 Å². The smallest absolute Gasteiger partial charge is 0.161 e. The average Bonchev–Trinajstić information content (AvgIpc) is 3.03. The highest BCUT2D eigenvalue weighted by molar-refractivity contribution is 5.75. The minimum absolute atomic E-state index is 0.285. The molecule has 0 saturated carbocycles. The highest BCUT2D eigenvalue weighted by atomic mass is 19.2. The number of halogens is 2. The van der Waals surface area contributed by atoms with Gasteiger partial charge in [0.15, 0.2) is 11.6 Å². The minimum Gasteiger partial charge on any atom is -0.387 e. The van der Waals surface area contributed by atoms with Gasteiger partial charge in [-0.15, -0.1) is 0 Å². The first-order valence-electron chi connectivity index (χ1n) is 9.23. The van der Waals surface area contributed by atoms with Gasteiger partial charge in [-0.3, -0.25) is 9.88 Å². The van der Waals surface area contributed by atoms with Crippen molar-refractivity contribution in [2.24, 2.45) is 0 Å². The molecule has 1 saturated heterocycles. The predicted molar refractivity (Wildman–Crippen MR) is 104 cm³/mol. The lowest BCUT2D eigenvalue weighted by molar-refractivity contribution is 0.0561. The van der Waals surface area contributed by atoms with Crippen LogP contribution in [0.4, 0.5) is 14.6 Å². The highest BCUT2D eigenvalue weighted by Gasteiger charge is 2.37. The Labute approximate surface area is 162 Å². The zero-order valence-electron chi connectivity index (χ0n) is 15.6. The van der Waals surface area contributed by atoms with Crippen LogP contribution in [0.5, 0.6) is 0 Å². The molecule has 2 aromatic carbocycles. The topological polar surface area (TPSA) is 52.5 Å². The van der Waals surface area contributed by atoms with Crippen LogP contribution < -0.4 is 4.90 Å². The summed E-state index contributed by atoms with van der Waals surface area (Å²) < 4.78 is 26.8. The van der Waals surface area contributed by atoms with E-state index in [0.717, 1.165) is 25.2 Å². The molecule has 1 unspecified atom stereocenters. The van der Waals surface area contributed by atoms with E-state index in [1.165, 1.54) is 11.8 Å². The number of aliphatic hydroxyl groups is 1. The van der Waals surface area contributed by atoms with Gasteiger partial charge in [0, 0.05) is 45.4 Å². The van der Waals surface area contributed by atoms with Crippen LogP contribution in [0.3, 0.4) is 0 Å². The van der Waals surface area contributed by atoms with Gasteiger partial charge in [0.1, 0.15) is 5.82 Å². The number of rotatable bonds is 5. The number of likely N-dealkylation sites (N-methyl/N-ethyl adjacent to an activating group) is 1. The number of likely N-dealkylation sites (tertiary alicyclic amines) is 1. The third-order valence-corrected chi connectivity index (χ3v) is 5.15. The second kappa shape index (κ2) is 7.41. The molecule has 0 radical (unpaired) electrons. The molecule has 3 aromatic rings. The number of nitrogens with zero attached hydrogens (tertiary/aromatic N) is 4. The Balaban J connectivity index is 1.45. The number of hydrogen-bond acceptors (Lipinski definition) is 5. The molecule has 0 amide bonds. The van der Waals surface area contributed by atoms with Gasteiger partial charge in [0.05, 0.1) is 22.8 Å². The van der Waals surface area contributed by atoms with Crippen molar-refractivity contribution in [1.82, 2.24) is 14.9 Å². The summed E-state index contributed by atoms with van der Waals surface area (Å²) in [6, 6.07) is 12.3. The molecule has 1 aliphatic rings. The summed E-state index contributed by atoms with van der Waals surface area (Å²) in [4.78, 5) is 12.6. The Morgan fingerprint density at radius 3 is 2.61 bits per heavy atom. The molecule has 1 aliphatic heterocycles. The van der Waals surface area contributed by atoms with Crippen LogP contribution >= 0.6 is 0 Å². The molecule has 2 heterocycles. The van der Waals surface area contributed by atoms with Crippen molar-refractivity contribution >= 4 is 16.9 Å². The quantitative estimate of drug-likeness (QED) is 0.733.